The fourth-order valence-corrected chi connectivity index (χ4v) is 4.85. The lowest BCUT2D eigenvalue weighted by Crippen LogP contribution is -2.22. The Balaban J connectivity index is 1.47. The highest BCUT2D eigenvalue weighted by atomic mass is 32.2. The van der Waals surface area contributed by atoms with Crippen LogP contribution in [0.3, 0.4) is 0 Å². The zero-order chi connectivity index (χ0) is 17.8. The Bertz CT molecular complexity index is 745. The number of benzene rings is 1. The molecule has 0 spiro atoms. The van der Waals surface area contributed by atoms with Crippen molar-refractivity contribution in [3.8, 4) is 0 Å². The summed E-state index contributed by atoms with van der Waals surface area (Å²) in [4.78, 5) is 9.00. The molecule has 0 unspecified atom stereocenters. The van der Waals surface area contributed by atoms with Crippen LogP contribution in [-0.2, 0) is 10.5 Å². The van der Waals surface area contributed by atoms with Crippen molar-refractivity contribution in [3.05, 3.63) is 30.0 Å². The number of thioether (sulfide) groups is 1. The van der Waals surface area contributed by atoms with Gasteiger partial charge in [0.15, 0.2) is 0 Å². The molecule has 2 aromatic rings. The van der Waals surface area contributed by atoms with Crippen LogP contribution in [0.5, 0.6) is 0 Å². The van der Waals surface area contributed by atoms with E-state index in [0.717, 1.165) is 56.2 Å². The van der Waals surface area contributed by atoms with Crippen LogP contribution in [0, 0.1) is 5.82 Å². The van der Waals surface area contributed by atoms with Crippen LogP contribution in [0.1, 0.15) is 50.8 Å². The van der Waals surface area contributed by atoms with Gasteiger partial charge in [-0.05, 0) is 37.8 Å². The van der Waals surface area contributed by atoms with E-state index < -0.39 is 0 Å². The maximum Gasteiger partial charge on any atom is 0.138 e. The number of hydrogen-bond acceptors (Lipinski definition) is 5. The minimum absolute atomic E-state index is 0.246. The van der Waals surface area contributed by atoms with Gasteiger partial charge in [-0.3, -0.25) is 0 Å². The molecule has 6 heteroatoms. The fraction of sp³-hybridized carbons (Fsp3) is 0.600. The summed E-state index contributed by atoms with van der Waals surface area (Å²) in [7, 11) is 0. The lowest BCUT2D eigenvalue weighted by Gasteiger charge is -2.24. The summed E-state index contributed by atoms with van der Waals surface area (Å²) in [5.74, 6) is 1.30. The Hall–Kier alpha value is -1.40. The normalized spacial score (nSPS) is 19.7. The highest BCUT2D eigenvalue weighted by molar-refractivity contribution is 7.99. The zero-order valence-corrected chi connectivity index (χ0v) is 15.9. The third-order valence-corrected chi connectivity index (χ3v) is 6.66. The predicted octanol–water partition coefficient (Wildman–Crippen LogP) is 4.93. The molecule has 1 aliphatic heterocycles. The second-order valence-electron chi connectivity index (χ2n) is 7.28. The lowest BCUT2D eigenvalue weighted by molar-refractivity contribution is 0.1000. The Labute approximate surface area is 158 Å². The third-order valence-electron chi connectivity index (χ3n) is 5.29. The molecule has 1 aliphatic carbocycles. The van der Waals surface area contributed by atoms with Gasteiger partial charge in [-0.25, -0.2) is 14.4 Å². The fourth-order valence-electron chi connectivity index (χ4n) is 3.80. The van der Waals surface area contributed by atoms with Crippen LogP contribution < -0.4 is 5.32 Å². The van der Waals surface area contributed by atoms with Gasteiger partial charge in [-0.2, -0.15) is 11.8 Å². The number of aromatic nitrogens is 2. The second-order valence-corrected chi connectivity index (χ2v) is 8.57. The first kappa shape index (κ1) is 18.0. The highest BCUT2D eigenvalue weighted by Crippen LogP contribution is 2.27. The first-order valence-electron chi connectivity index (χ1n) is 9.69. The Kier molecular flexibility index (Phi) is 5.90. The SMILES string of the molecule is Fc1cc(NC2CCCCC2)cc2nc(CSC3CCOCC3)ncc12. The molecule has 0 radical (unpaired) electrons. The van der Waals surface area contributed by atoms with Gasteiger partial charge in [-0.15, -0.1) is 0 Å². The minimum Gasteiger partial charge on any atom is -0.382 e. The first-order chi connectivity index (χ1) is 12.8. The molecular formula is C20H26FN3OS. The van der Waals surface area contributed by atoms with Crippen molar-refractivity contribution in [2.45, 2.75) is 62.0 Å². The van der Waals surface area contributed by atoms with Crippen molar-refractivity contribution >= 4 is 28.4 Å². The van der Waals surface area contributed by atoms with Gasteiger partial charge in [0.2, 0.25) is 0 Å². The summed E-state index contributed by atoms with van der Waals surface area (Å²) in [5, 5.41) is 4.61. The molecule has 0 atom stereocenters. The van der Waals surface area contributed by atoms with Crippen molar-refractivity contribution < 1.29 is 9.13 Å². The van der Waals surface area contributed by atoms with E-state index in [4.69, 9.17) is 4.74 Å². The van der Waals surface area contributed by atoms with Crippen LogP contribution in [0.2, 0.25) is 0 Å². The summed E-state index contributed by atoms with van der Waals surface area (Å²) in [6.45, 7) is 1.69. The number of fused-ring (bicyclic) bond motifs is 1. The number of nitrogens with one attached hydrogen (secondary N) is 1. The number of hydrogen-bond donors (Lipinski definition) is 1. The average molecular weight is 376 g/mol. The van der Waals surface area contributed by atoms with Gasteiger partial charge in [0.1, 0.15) is 11.6 Å². The third kappa shape index (κ3) is 4.46. The van der Waals surface area contributed by atoms with Crippen molar-refractivity contribution in [2.75, 3.05) is 18.5 Å². The molecule has 4 rings (SSSR count). The average Bonchev–Trinajstić information content (AvgIpc) is 2.68. The van der Waals surface area contributed by atoms with Gasteiger partial charge in [0, 0.05) is 36.4 Å². The lowest BCUT2D eigenvalue weighted by atomic mass is 9.95. The molecule has 0 amide bonds. The molecule has 1 N–H and O–H groups in total. The van der Waals surface area contributed by atoms with E-state index >= 15 is 0 Å². The van der Waals surface area contributed by atoms with E-state index in [9.17, 15) is 4.39 Å². The molecular weight excluding hydrogens is 349 g/mol. The number of nitrogens with zero attached hydrogens (tertiary/aromatic N) is 2. The molecule has 4 nitrogen and oxygen atoms in total. The van der Waals surface area contributed by atoms with Crippen molar-refractivity contribution in [1.29, 1.82) is 0 Å². The van der Waals surface area contributed by atoms with E-state index in [1.165, 1.54) is 19.3 Å². The number of rotatable bonds is 5. The maximum absolute atomic E-state index is 14.5. The Morgan fingerprint density at radius 1 is 1.12 bits per heavy atom. The van der Waals surface area contributed by atoms with Crippen molar-refractivity contribution in [2.24, 2.45) is 0 Å². The Morgan fingerprint density at radius 2 is 1.92 bits per heavy atom. The van der Waals surface area contributed by atoms with Gasteiger partial charge in [0.05, 0.1) is 16.7 Å². The molecule has 140 valence electrons. The molecule has 1 aromatic heterocycles. The maximum atomic E-state index is 14.5. The van der Waals surface area contributed by atoms with E-state index in [1.807, 2.05) is 17.8 Å². The number of anilines is 1. The molecule has 2 aliphatic rings. The van der Waals surface area contributed by atoms with E-state index in [0.29, 0.717) is 22.2 Å². The molecule has 1 saturated heterocycles. The van der Waals surface area contributed by atoms with Gasteiger partial charge in [-0.1, -0.05) is 19.3 Å². The summed E-state index contributed by atoms with van der Waals surface area (Å²) < 4.78 is 19.9. The standard InChI is InChI=1S/C20H26FN3OS/c21-18-10-15(23-14-4-2-1-3-5-14)11-19-17(18)12-22-20(24-19)13-26-16-6-8-25-9-7-16/h10-12,14,16,23H,1-9,13H2. The zero-order valence-electron chi connectivity index (χ0n) is 15.0. The van der Waals surface area contributed by atoms with Crippen LogP contribution in [0.25, 0.3) is 10.9 Å². The number of halogens is 1. The Morgan fingerprint density at radius 3 is 2.73 bits per heavy atom. The van der Waals surface area contributed by atoms with Gasteiger partial charge >= 0.3 is 0 Å². The topological polar surface area (TPSA) is 47.0 Å². The molecule has 26 heavy (non-hydrogen) atoms. The van der Waals surface area contributed by atoms with Crippen LogP contribution in [0.15, 0.2) is 18.3 Å². The summed E-state index contributed by atoms with van der Waals surface area (Å²) in [6, 6.07) is 4.00. The summed E-state index contributed by atoms with van der Waals surface area (Å²) in [5.41, 5.74) is 1.53. The van der Waals surface area contributed by atoms with E-state index in [1.54, 1.807) is 12.3 Å². The van der Waals surface area contributed by atoms with E-state index in [2.05, 4.69) is 15.3 Å². The van der Waals surface area contributed by atoms with Crippen molar-refractivity contribution in [3.63, 3.8) is 0 Å². The number of ether oxygens (including phenoxy) is 1. The van der Waals surface area contributed by atoms with Gasteiger partial charge < -0.3 is 10.1 Å². The smallest absolute Gasteiger partial charge is 0.138 e. The van der Waals surface area contributed by atoms with Gasteiger partial charge in [0.25, 0.3) is 0 Å². The summed E-state index contributed by atoms with van der Waals surface area (Å²) in [6.07, 6.45) is 9.94. The largest absolute Gasteiger partial charge is 0.382 e. The van der Waals surface area contributed by atoms with Crippen LogP contribution >= 0.6 is 11.8 Å². The monoisotopic (exact) mass is 375 g/mol. The molecule has 0 bridgehead atoms. The van der Waals surface area contributed by atoms with Crippen LogP contribution in [0.4, 0.5) is 10.1 Å². The van der Waals surface area contributed by atoms with Crippen molar-refractivity contribution in [1.82, 2.24) is 9.97 Å². The molecule has 1 saturated carbocycles. The van der Waals surface area contributed by atoms with Crippen LogP contribution in [-0.4, -0.2) is 34.5 Å². The van der Waals surface area contributed by atoms with E-state index in [-0.39, 0.29) is 5.82 Å². The second kappa shape index (κ2) is 8.53. The minimum atomic E-state index is -0.246. The summed E-state index contributed by atoms with van der Waals surface area (Å²) >= 11 is 1.88. The molecule has 1 aromatic carbocycles. The quantitative estimate of drug-likeness (QED) is 0.803. The first-order valence-corrected chi connectivity index (χ1v) is 10.7. The highest BCUT2D eigenvalue weighted by Gasteiger charge is 2.16. The molecule has 2 fully saturated rings. The predicted molar refractivity (Wildman–Crippen MR) is 105 cm³/mol. The molecule has 2 heterocycles.